The Kier molecular flexibility index (Phi) is 7.55. The first-order valence-electron chi connectivity index (χ1n) is 9.57. The molecular formula is C23H27NO5. The van der Waals surface area contributed by atoms with Crippen molar-refractivity contribution in [2.45, 2.75) is 12.5 Å². The molecule has 0 fully saturated rings. The number of ether oxygens (including phenoxy) is 3. The third-order valence-corrected chi connectivity index (χ3v) is 4.70. The third-order valence-electron chi connectivity index (χ3n) is 4.70. The predicted octanol–water partition coefficient (Wildman–Crippen LogP) is 4.06. The number of aliphatic hydroxyl groups is 1. The van der Waals surface area contributed by atoms with Crippen molar-refractivity contribution in [3.63, 3.8) is 0 Å². The normalized spacial score (nSPS) is 11.8. The van der Waals surface area contributed by atoms with Gasteiger partial charge in [-0.1, -0.05) is 24.3 Å². The van der Waals surface area contributed by atoms with Crippen LogP contribution in [0.1, 0.15) is 18.0 Å². The van der Waals surface area contributed by atoms with E-state index < -0.39 is 0 Å². The fraction of sp³-hybridized carbons (Fsp3) is 0.304. The monoisotopic (exact) mass is 397 g/mol. The molecule has 29 heavy (non-hydrogen) atoms. The molecule has 1 atom stereocenters. The molecule has 0 bridgehead atoms. The van der Waals surface area contributed by atoms with Crippen LogP contribution in [0, 0.1) is 0 Å². The molecule has 6 heteroatoms. The first-order valence-corrected chi connectivity index (χ1v) is 9.57. The van der Waals surface area contributed by atoms with Crippen molar-refractivity contribution in [2.75, 3.05) is 34.0 Å². The zero-order valence-electron chi connectivity index (χ0n) is 16.8. The van der Waals surface area contributed by atoms with Crippen molar-refractivity contribution >= 4 is 0 Å². The summed E-state index contributed by atoms with van der Waals surface area (Å²) in [5.41, 5.74) is 3.02. The number of methoxy groups -OCH3 is 2. The highest BCUT2D eigenvalue weighted by molar-refractivity contribution is 5.69. The standard InChI is InChI=1S/C23H27NO5/c1-26-22-8-7-17(15-23(22)27-2)20(24-11-12-25)10-14-29-21-6-4-3-5-19(21)18-9-13-28-16-18/h3-9,13,15-16,20,24-25H,10-12,14H2,1-2H3. The maximum atomic E-state index is 9.24. The third kappa shape index (κ3) is 5.31. The average molecular weight is 397 g/mol. The minimum Gasteiger partial charge on any atom is -0.493 e. The van der Waals surface area contributed by atoms with E-state index in [2.05, 4.69) is 5.32 Å². The van der Waals surface area contributed by atoms with Gasteiger partial charge in [0, 0.05) is 30.1 Å². The number of aliphatic hydroxyl groups excluding tert-OH is 1. The lowest BCUT2D eigenvalue weighted by molar-refractivity contribution is 0.261. The molecule has 0 aliphatic heterocycles. The lowest BCUT2D eigenvalue weighted by atomic mass is 10.0. The first-order chi connectivity index (χ1) is 14.3. The number of rotatable bonds is 11. The van der Waals surface area contributed by atoms with Crippen molar-refractivity contribution in [3.8, 4) is 28.4 Å². The number of para-hydroxylation sites is 1. The van der Waals surface area contributed by atoms with Gasteiger partial charge in [0.2, 0.25) is 0 Å². The van der Waals surface area contributed by atoms with Gasteiger partial charge in [-0.3, -0.25) is 0 Å². The highest BCUT2D eigenvalue weighted by Crippen LogP contribution is 2.32. The van der Waals surface area contributed by atoms with Crippen LogP contribution in [0.5, 0.6) is 17.2 Å². The van der Waals surface area contributed by atoms with E-state index in [4.69, 9.17) is 18.6 Å². The molecule has 1 aromatic heterocycles. The van der Waals surface area contributed by atoms with Crippen LogP contribution in [0.2, 0.25) is 0 Å². The van der Waals surface area contributed by atoms with Crippen LogP contribution in [0.15, 0.2) is 65.5 Å². The predicted molar refractivity (Wildman–Crippen MR) is 112 cm³/mol. The molecule has 0 amide bonds. The Hall–Kier alpha value is -2.96. The van der Waals surface area contributed by atoms with E-state index in [1.54, 1.807) is 26.7 Å². The lowest BCUT2D eigenvalue weighted by Gasteiger charge is -2.21. The molecule has 1 heterocycles. The van der Waals surface area contributed by atoms with Gasteiger partial charge in [0.05, 0.1) is 40.0 Å². The van der Waals surface area contributed by atoms with E-state index >= 15 is 0 Å². The van der Waals surface area contributed by atoms with Gasteiger partial charge < -0.3 is 29.1 Å². The lowest BCUT2D eigenvalue weighted by Crippen LogP contribution is -2.26. The molecule has 0 spiro atoms. The Balaban J connectivity index is 1.71. The summed E-state index contributed by atoms with van der Waals surface area (Å²) in [5.74, 6) is 2.16. The van der Waals surface area contributed by atoms with Crippen molar-refractivity contribution in [1.82, 2.24) is 5.32 Å². The Morgan fingerprint density at radius 3 is 2.55 bits per heavy atom. The van der Waals surface area contributed by atoms with E-state index in [0.29, 0.717) is 24.7 Å². The van der Waals surface area contributed by atoms with E-state index in [9.17, 15) is 5.11 Å². The molecule has 3 rings (SSSR count). The summed E-state index contributed by atoms with van der Waals surface area (Å²) in [6.07, 6.45) is 4.07. The second-order valence-corrected chi connectivity index (χ2v) is 6.49. The van der Waals surface area contributed by atoms with Gasteiger partial charge in [0.15, 0.2) is 11.5 Å². The first kappa shape index (κ1) is 20.8. The summed E-state index contributed by atoms with van der Waals surface area (Å²) in [6, 6.07) is 15.6. The minimum atomic E-state index is 0.00282. The van der Waals surface area contributed by atoms with Gasteiger partial charge in [0.1, 0.15) is 5.75 Å². The second kappa shape index (κ2) is 10.5. The number of benzene rings is 2. The van der Waals surface area contributed by atoms with Crippen LogP contribution in [-0.4, -0.2) is 39.1 Å². The molecule has 3 aromatic rings. The molecule has 0 aliphatic rings. The summed E-state index contributed by atoms with van der Waals surface area (Å²) in [6.45, 7) is 1.06. The van der Waals surface area contributed by atoms with E-state index in [1.807, 2.05) is 48.5 Å². The second-order valence-electron chi connectivity index (χ2n) is 6.49. The fourth-order valence-corrected chi connectivity index (χ4v) is 3.23. The molecule has 154 valence electrons. The number of hydrogen-bond acceptors (Lipinski definition) is 6. The molecule has 1 unspecified atom stereocenters. The minimum absolute atomic E-state index is 0.00282. The van der Waals surface area contributed by atoms with Crippen molar-refractivity contribution in [3.05, 3.63) is 66.6 Å². The fourth-order valence-electron chi connectivity index (χ4n) is 3.23. The van der Waals surface area contributed by atoms with Gasteiger partial charge in [-0.2, -0.15) is 0 Å². The van der Waals surface area contributed by atoms with Crippen LogP contribution in [0.25, 0.3) is 11.1 Å². The number of nitrogens with one attached hydrogen (secondary N) is 1. The van der Waals surface area contributed by atoms with E-state index in [0.717, 1.165) is 28.9 Å². The Morgan fingerprint density at radius 2 is 1.83 bits per heavy atom. The molecule has 0 aliphatic carbocycles. The van der Waals surface area contributed by atoms with Gasteiger partial charge in [0.25, 0.3) is 0 Å². The quantitative estimate of drug-likeness (QED) is 0.508. The number of furan rings is 1. The van der Waals surface area contributed by atoms with E-state index in [-0.39, 0.29) is 12.6 Å². The van der Waals surface area contributed by atoms with Crippen LogP contribution in [0.3, 0.4) is 0 Å². The molecule has 0 radical (unpaired) electrons. The van der Waals surface area contributed by atoms with Gasteiger partial charge in [-0.25, -0.2) is 0 Å². The molecule has 2 N–H and O–H groups in total. The zero-order chi connectivity index (χ0) is 20.5. The van der Waals surface area contributed by atoms with Crippen LogP contribution in [0.4, 0.5) is 0 Å². The molecule has 2 aromatic carbocycles. The van der Waals surface area contributed by atoms with Crippen molar-refractivity contribution < 1.29 is 23.7 Å². The smallest absolute Gasteiger partial charge is 0.161 e. The maximum Gasteiger partial charge on any atom is 0.161 e. The topological polar surface area (TPSA) is 73.1 Å². The van der Waals surface area contributed by atoms with Crippen molar-refractivity contribution in [1.29, 1.82) is 0 Å². The largest absolute Gasteiger partial charge is 0.493 e. The highest BCUT2D eigenvalue weighted by Gasteiger charge is 2.15. The molecule has 6 nitrogen and oxygen atoms in total. The van der Waals surface area contributed by atoms with Gasteiger partial charge >= 0.3 is 0 Å². The molecule has 0 saturated carbocycles. The van der Waals surface area contributed by atoms with Gasteiger partial charge in [-0.05, 0) is 29.8 Å². The SMILES string of the molecule is COc1ccc(C(CCOc2ccccc2-c2ccoc2)NCCO)cc1OC. The molecular weight excluding hydrogens is 370 g/mol. The van der Waals surface area contributed by atoms with Crippen LogP contribution >= 0.6 is 0 Å². The maximum absolute atomic E-state index is 9.24. The average Bonchev–Trinajstić information content (AvgIpc) is 3.30. The Labute approximate surface area is 171 Å². The zero-order valence-corrected chi connectivity index (χ0v) is 16.8. The van der Waals surface area contributed by atoms with Gasteiger partial charge in [-0.15, -0.1) is 0 Å². The summed E-state index contributed by atoms with van der Waals surface area (Å²) in [5, 5.41) is 12.6. The summed E-state index contributed by atoms with van der Waals surface area (Å²) in [4.78, 5) is 0. The summed E-state index contributed by atoms with van der Waals surface area (Å²) in [7, 11) is 3.23. The molecule has 0 saturated heterocycles. The van der Waals surface area contributed by atoms with Crippen LogP contribution < -0.4 is 19.5 Å². The van der Waals surface area contributed by atoms with E-state index in [1.165, 1.54) is 0 Å². The van der Waals surface area contributed by atoms with Crippen molar-refractivity contribution in [2.24, 2.45) is 0 Å². The summed E-state index contributed by atoms with van der Waals surface area (Å²) < 4.78 is 22.0. The highest BCUT2D eigenvalue weighted by atomic mass is 16.5. The Morgan fingerprint density at radius 1 is 1.00 bits per heavy atom. The van der Waals surface area contributed by atoms with Crippen LogP contribution in [-0.2, 0) is 0 Å². The summed E-state index contributed by atoms with van der Waals surface area (Å²) >= 11 is 0. The Bertz CT molecular complexity index is 879. The number of hydrogen-bond donors (Lipinski definition) is 2.